The normalized spacial score (nSPS) is 32.4. The predicted molar refractivity (Wildman–Crippen MR) is 96.3 cm³/mol. The molecule has 2 bridgehead atoms. The number of anilines is 1. The summed E-state index contributed by atoms with van der Waals surface area (Å²) < 4.78 is 11.3. The summed E-state index contributed by atoms with van der Waals surface area (Å²) in [5.41, 5.74) is -1.37. The van der Waals surface area contributed by atoms with Crippen molar-refractivity contribution in [2.24, 2.45) is 11.8 Å². The molecule has 3 fully saturated rings. The lowest BCUT2D eigenvalue weighted by Gasteiger charge is -2.29. The van der Waals surface area contributed by atoms with Gasteiger partial charge in [-0.05, 0) is 29.8 Å². The minimum atomic E-state index is -1.83. The molecular formula is C20H14N2O7. The van der Waals surface area contributed by atoms with Crippen LogP contribution >= 0.6 is 0 Å². The van der Waals surface area contributed by atoms with Crippen molar-refractivity contribution in [3.05, 3.63) is 70.3 Å². The summed E-state index contributed by atoms with van der Waals surface area (Å²) in [7, 11) is 0. The number of hydrogen-bond donors (Lipinski definition) is 0. The Labute approximate surface area is 164 Å². The van der Waals surface area contributed by atoms with Gasteiger partial charge < -0.3 is 9.47 Å². The van der Waals surface area contributed by atoms with Crippen molar-refractivity contribution >= 4 is 29.2 Å². The number of carbonyl (C=O) groups is 3. The van der Waals surface area contributed by atoms with Gasteiger partial charge in [0, 0.05) is 19.1 Å². The molecule has 9 nitrogen and oxygen atoms in total. The van der Waals surface area contributed by atoms with Crippen LogP contribution in [0.15, 0.2) is 54.6 Å². The van der Waals surface area contributed by atoms with Crippen LogP contribution in [0.25, 0.3) is 0 Å². The second kappa shape index (κ2) is 5.48. The fraction of sp³-hybridized carbons (Fsp3) is 0.250. The van der Waals surface area contributed by atoms with E-state index in [4.69, 9.17) is 9.47 Å². The number of hydrogen-bond acceptors (Lipinski definition) is 7. The van der Waals surface area contributed by atoms with Crippen LogP contribution < -0.4 is 4.90 Å². The first-order chi connectivity index (χ1) is 13.8. The standard InChI is InChI=1S/C20H14N2O7/c1-19-14-15(17(24)21(16(14)23)12-5-3-2-4-6-12)20(29-19,18(25)28-19)11-7-9-13(10-8-11)22(26)27/h2-10,14-15H,1H3/t14?,15?,19-,20+/m1/s1. The monoisotopic (exact) mass is 394 g/mol. The van der Waals surface area contributed by atoms with Crippen LogP contribution in [0.3, 0.4) is 0 Å². The SMILES string of the molecule is C[C@@]12OC(=O)[C@@](c3ccc([N+](=O)[O-])cc3)(O1)C1C(=O)N(c3ccccc3)C(=O)C12. The van der Waals surface area contributed by atoms with Crippen molar-refractivity contribution in [1.29, 1.82) is 0 Å². The number of fused-ring (bicyclic) bond motifs is 5. The number of carbonyl (C=O) groups excluding carboxylic acids is 3. The number of benzene rings is 2. The van der Waals surface area contributed by atoms with E-state index >= 15 is 0 Å². The largest absolute Gasteiger partial charge is 0.430 e. The van der Waals surface area contributed by atoms with E-state index in [1.165, 1.54) is 31.2 Å². The second-order valence-electron chi connectivity index (χ2n) is 7.35. The molecule has 29 heavy (non-hydrogen) atoms. The molecule has 2 aromatic carbocycles. The Bertz CT molecular complexity index is 1080. The van der Waals surface area contributed by atoms with Gasteiger partial charge in [0.25, 0.3) is 5.69 Å². The van der Waals surface area contributed by atoms with Crippen LogP contribution in [0.4, 0.5) is 11.4 Å². The first-order valence-electron chi connectivity index (χ1n) is 8.91. The Balaban J connectivity index is 1.65. The fourth-order valence-corrected chi connectivity index (χ4v) is 4.59. The van der Waals surface area contributed by atoms with Crippen LogP contribution in [0.2, 0.25) is 0 Å². The maximum atomic E-state index is 13.3. The minimum Gasteiger partial charge on any atom is -0.430 e. The summed E-state index contributed by atoms with van der Waals surface area (Å²) in [5.74, 6) is -5.59. The summed E-state index contributed by atoms with van der Waals surface area (Å²) in [6, 6.07) is 13.6. The molecule has 0 saturated carbocycles. The van der Waals surface area contributed by atoms with Gasteiger partial charge in [-0.3, -0.25) is 19.7 Å². The van der Waals surface area contributed by atoms with Gasteiger partial charge in [0.2, 0.25) is 23.2 Å². The number of rotatable bonds is 3. The summed E-state index contributed by atoms with van der Waals surface area (Å²) in [4.78, 5) is 50.8. The van der Waals surface area contributed by atoms with Crippen molar-refractivity contribution in [3.8, 4) is 0 Å². The Morgan fingerprint density at radius 2 is 1.59 bits per heavy atom. The van der Waals surface area contributed by atoms with Crippen molar-refractivity contribution < 1.29 is 28.8 Å². The van der Waals surface area contributed by atoms with E-state index in [1.54, 1.807) is 30.3 Å². The zero-order valence-electron chi connectivity index (χ0n) is 15.1. The molecule has 0 aliphatic carbocycles. The smallest absolute Gasteiger partial charge is 0.346 e. The van der Waals surface area contributed by atoms with Crippen molar-refractivity contribution in [3.63, 3.8) is 0 Å². The number of nitro benzene ring substituents is 1. The molecule has 2 unspecified atom stereocenters. The highest BCUT2D eigenvalue weighted by molar-refractivity contribution is 6.24. The Hall–Kier alpha value is -3.59. The molecule has 0 N–H and O–H groups in total. The van der Waals surface area contributed by atoms with Gasteiger partial charge >= 0.3 is 5.97 Å². The first-order valence-corrected chi connectivity index (χ1v) is 8.91. The molecule has 3 aliphatic heterocycles. The molecule has 0 spiro atoms. The zero-order valence-corrected chi connectivity index (χ0v) is 15.1. The van der Waals surface area contributed by atoms with Crippen LogP contribution in [0, 0.1) is 22.0 Å². The topological polar surface area (TPSA) is 116 Å². The maximum Gasteiger partial charge on any atom is 0.346 e. The quantitative estimate of drug-likeness (QED) is 0.338. The van der Waals surface area contributed by atoms with E-state index in [1.807, 2.05) is 0 Å². The number of esters is 1. The second-order valence-corrected chi connectivity index (χ2v) is 7.35. The van der Waals surface area contributed by atoms with Crippen molar-refractivity contribution in [1.82, 2.24) is 0 Å². The van der Waals surface area contributed by atoms with Gasteiger partial charge in [0.05, 0.1) is 10.6 Å². The van der Waals surface area contributed by atoms with E-state index in [2.05, 4.69) is 0 Å². The summed E-state index contributed by atoms with van der Waals surface area (Å²) >= 11 is 0. The Morgan fingerprint density at radius 3 is 2.21 bits per heavy atom. The molecule has 3 heterocycles. The number of para-hydroxylation sites is 1. The number of nitro groups is 1. The third-order valence-electron chi connectivity index (χ3n) is 5.79. The van der Waals surface area contributed by atoms with Gasteiger partial charge in [-0.2, -0.15) is 0 Å². The van der Waals surface area contributed by atoms with Crippen molar-refractivity contribution in [2.45, 2.75) is 18.3 Å². The Kier molecular flexibility index (Phi) is 3.31. The van der Waals surface area contributed by atoms with E-state index in [0.717, 1.165) is 4.90 Å². The molecule has 0 radical (unpaired) electrons. The van der Waals surface area contributed by atoms with Crippen LogP contribution in [-0.4, -0.2) is 28.5 Å². The molecule has 9 heteroatoms. The Morgan fingerprint density at radius 1 is 0.966 bits per heavy atom. The number of nitrogens with zero attached hydrogens (tertiary/aromatic N) is 2. The highest BCUT2D eigenvalue weighted by Gasteiger charge is 2.80. The molecule has 146 valence electrons. The lowest BCUT2D eigenvalue weighted by atomic mass is 9.74. The first kappa shape index (κ1) is 17.5. The number of imide groups is 1. The van der Waals surface area contributed by atoms with Gasteiger partial charge in [-0.1, -0.05) is 18.2 Å². The summed E-state index contributed by atoms with van der Waals surface area (Å²) in [6.07, 6.45) is 0. The van der Waals surface area contributed by atoms with Crippen molar-refractivity contribution in [2.75, 3.05) is 4.90 Å². The molecule has 0 aromatic heterocycles. The maximum absolute atomic E-state index is 13.3. The number of non-ortho nitro benzene ring substituents is 1. The molecular weight excluding hydrogens is 380 g/mol. The molecule has 4 atom stereocenters. The average Bonchev–Trinajstić information content (AvgIpc) is 3.25. The molecule has 5 rings (SSSR count). The average molecular weight is 394 g/mol. The van der Waals surface area contributed by atoms with Crippen LogP contribution in [0.5, 0.6) is 0 Å². The van der Waals surface area contributed by atoms with E-state index in [-0.39, 0.29) is 11.3 Å². The summed E-state index contributed by atoms with van der Waals surface area (Å²) in [5, 5.41) is 11.0. The fourth-order valence-electron chi connectivity index (χ4n) is 4.59. The predicted octanol–water partition coefficient (Wildman–Crippen LogP) is 1.90. The number of ether oxygens (including phenoxy) is 2. The zero-order chi connectivity index (χ0) is 20.6. The molecule has 2 aromatic rings. The minimum absolute atomic E-state index is 0.173. The highest BCUT2D eigenvalue weighted by atomic mass is 16.8. The van der Waals surface area contributed by atoms with E-state index in [0.29, 0.717) is 5.69 Å². The van der Waals surface area contributed by atoms with Crippen LogP contribution in [0.1, 0.15) is 12.5 Å². The van der Waals surface area contributed by atoms with Gasteiger partial charge in [0.15, 0.2) is 0 Å². The number of amides is 2. The van der Waals surface area contributed by atoms with Gasteiger partial charge in [-0.15, -0.1) is 0 Å². The van der Waals surface area contributed by atoms with Crippen LogP contribution in [-0.2, 0) is 29.5 Å². The highest BCUT2D eigenvalue weighted by Crippen LogP contribution is 2.62. The molecule has 3 aliphatic rings. The molecule has 2 amide bonds. The van der Waals surface area contributed by atoms with Gasteiger partial charge in [-0.25, -0.2) is 9.69 Å². The summed E-state index contributed by atoms with van der Waals surface area (Å²) in [6.45, 7) is 1.46. The third kappa shape index (κ3) is 2.05. The lowest BCUT2D eigenvalue weighted by molar-refractivity contribution is -0.384. The molecule has 3 saturated heterocycles. The van der Waals surface area contributed by atoms with E-state index < -0.39 is 45.9 Å². The van der Waals surface area contributed by atoms with E-state index in [9.17, 15) is 24.5 Å². The third-order valence-corrected chi connectivity index (χ3v) is 5.79. The lowest BCUT2D eigenvalue weighted by Crippen LogP contribution is -2.47. The van der Waals surface area contributed by atoms with Gasteiger partial charge in [0.1, 0.15) is 11.8 Å².